The summed E-state index contributed by atoms with van der Waals surface area (Å²) in [6, 6.07) is 2.28. The van der Waals surface area contributed by atoms with E-state index in [2.05, 4.69) is 32.9 Å². The highest BCUT2D eigenvalue weighted by atomic mass is 79.9. The number of thiophene rings is 1. The van der Waals surface area contributed by atoms with Crippen LogP contribution < -0.4 is 5.32 Å². The molecule has 1 atom stereocenters. The molecule has 3 nitrogen and oxygen atoms in total. The van der Waals surface area contributed by atoms with E-state index in [1.165, 1.54) is 12.0 Å². The van der Waals surface area contributed by atoms with Crippen LogP contribution in [0, 0.1) is 0 Å². The summed E-state index contributed by atoms with van der Waals surface area (Å²) in [5.74, 6) is -0.181. The van der Waals surface area contributed by atoms with Crippen molar-refractivity contribution in [2.24, 2.45) is 0 Å². The van der Waals surface area contributed by atoms with E-state index in [4.69, 9.17) is 0 Å². The highest BCUT2D eigenvalue weighted by Gasteiger charge is 2.10. The Labute approximate surface area is 102 Å². The molecule has 0 spiro atoms. The molecule has 1 aromatic rings. The van der Waals surface area contributed by atoms with Crippen LogP contribution in [0.5, 0.6) is 0 Å². The highest BCUT2D eigenvalue weighted by Crippen LogP contribution is 2.28. The van der Waals surface area contributed by atoms with Crippen molar-refractivity contribution in [2.75, 3.05) is 13.7 Å². The summed E-state index contributed by atoms with van der Waals surface area (Å²) in [5, 5.41) is 5.31. The number of hydrogen-bond donors (Lipinski definition) is 1. The van der Waals surface area contributed by atoms with E-state index in [-0.39, 0.29) is 12.0 Å². The molecule has 0 saturated carbocycles. The van der Waals surface area contributed by atoms with Gasteiger partial charge < -0.3 is 10.1 Å². The fourth-order valence-electron chi connectivity index (χ4n) is 1.20. The lowest BCUT2D eigenvalue weighted by molar-refractivity contribution is -0.140. The van der Waals surface area contributed by atoms with Crippen LogP contribution in [-0.2, 0) is 9.53 Å². The van der Waals surface area contributed by atoms with Crippen LogP contribution in [-0.4, -0.2) is 19.6 Å². The fourth-order valence-corrected chi connectivity index (χ4v) is 2.95. The standard InChI is InChI=1S/C10H14BrNO2S/c1-7(10-8(11)4-6-15-10)12-5-3-9(13)14-2/h4,6-7,12H,3,5H2,1-2H3. The second-order valence-corrected chi connectivity index (χ2v) is 4.94. The summed E-state index contributed by atoms with van der Waals surface area (Å²) in [7, 11) is 1.40. The molecule has 0 aliphatic carbocycles. The van der Waals surface area contributed by atoms with Crippen molar-refractivity contribution in [3.05, 3.63) is 20.8 Å². The fraction of sp³-hybridized carbons (Fsp3) is 0.500. The van der Waals surface area contributed by atoms with Gasteiger partial charge in [-0.3, -0.25) is 4.79 Å². The van der Waals surface area contributed by atoms with E-state index < -0.39 is 0 Å². The maximum Gasteiger partial charge on any atom is 0.306 e. The van der Waals surface area contributed by atoms with Gasteiger partial charge in [0.1, 0.15) is 0 Å². The van der Waals surface area contributed by atoms with E-state index in [1.807, 2.05) is 11.4 Å². The SMILES string of the molecule is COC(=O)CCNC(C)c1sccc1Br. The van der Waals surface area contributed by atoms with Crippen molar-refractivity contribution in [1.29, 1.82) is 0 Å². The number of nitrogens with one attached hydrogen (secondary N) is 1. The van der Waals surface area contributed by atoms with Crippen LogP contribution in [0.4, 0.5) is 0 Å². The van der Waals surface area contributed by atoms with Gasteiger partial charge in [0.2, 0.25) is 0 Å². The average molecular weight is 292 g/mol. The van der Waals surface area contributed by atoms with Gasteiger partial charge in [-0.15, -0.1) is 11.3 Å². The van der Waals surface area contributed by atoms with Crippen molar-refractivity contribution >= 4 is 33.2 Å². The first kappa shape index (κ1) is 12.7. The summed E-state index contributed by atoms with van der Waals surface area (Å²) in [6.45, 7) is 2.71. The van der Waals surface area contributed by atoms with Gasteiger partial charge in [0.25, 0.3) is 0 Å². The second-order valence-electron chi connectivity index (χ2n) is 3.13. The molecule has 1 N–H and O–H groups in total. The minimum absolute atomic E-state index is 0.181. The predicted octanol–water partition coefficient (Wildman–Crippen LogP) is 2.72. The summed E-state index contributed by atoms with van der Waals surface area (Å²) in [5.41, 5.74) is 0. The van der Waals surface area contributed by atoms with E-state index in [0.29, 0.717) is 13.0 Å². The summed E-state index contributed by atoms with van der Waals surface area (Å²) < 4.78 is 5.68. The number of hydrogen-bond acceptors (Lipinski definition) is 4. The van der Waals surface area contributed by atoms with Crippen molar-refractivity contribution in [3.63, 3.8) is 0 Å². The quantitative estimate of drug-likeness (QED) is 0.848. The molecule has 84 valence electrons. The molecule has 1 heterocycles. The number of methoxy groups -OCH3 is 1. The number of ether oxygens (including phenoxy) is 1. The van der Waals surface area contributed by atoms with Crippen LogP contribution in [0.2, 0.25) is 0 Å². The van der Waals surface area contributed by atoms with Crippen molar-refractivity contribution in [3.8, 4) is 0 Å². The molecular formula is C10H14BrNO2S. The number of esters is 1. The van der Waals surface area contributed by atoms with Gasteiger partial charge >= 0.3 is 5.97 Å². The van der Waals surface area contributed by atoms with E-state index in [1.54, 1.807) is 11.3 Å². The second kappa shape index (κ2) is 6.25. The van der Waals surface area contributed by atoms with E-state index in [9.17, 15) is 4.79 Å². The molecule has 1 unspecified atom stereocenters. The Hall–Kier alpha value is -0.390. The molecule has 0 aliphatic heterocycles. The topological polar surface area (TPSA) is 38.3 Å². The molecule has 15 heavy (non-hydrogen) atoms. The van der Waals surface area contributed by atoms with Gasteiger partial charge in [0.05, 0.1) is 13.5 Å². The summed E-state index contributed by atoms with van der Waals surface area (Å²) in [6.07, 6.45) is 0.407. The van der Waals surface area contributed by atoms with Crippen LogP contribution >= 0.6 is 27.3 Å². The molecule has 0 saturated heterocycles. The van der Waals surface area contributed by atoms with Gasteiger partial charge in [-0.05, 0) is 34.3 Å². The first-order chi connectivity index (χ1) is 7.15. The third-order valence-electron chi connectivity index (χ3n) is 2.05. The first-order valence-electron chi connectivity index (χ1n) is 4.68. The van der Waals surface area contributed by atoms with Gasteiger partial charge in [0, 0.05) is 21.9 Å². The minimum atomic E-state index is -0.181. The van der Waals surface area contributed by atoms with Gasteiger partial charge in [-0.2, -0.15) is 0 Å². The molecule has 0 bridgehead atoms. The monoisotopic (exact) mass is 291 g/mol. The Kier molecular flexibility index (Phi) is 5.28. The number of carbonyl (C=O) groups excluding carboxylic acids is 1. The van der Waals surface area contributed by atoms with Crippen molar-refractivity contribution in [1.82, 2.24) is 5.32 Å². The van der Waals surface area contributed by atoms with Gasteiger partial charge in [-0.1, -0.05) is 0 Å². The Morgan fingerprint density at radius 2 is 2.47 bits per heavy atom. The summed E-state index contributed by atoms with van der Waals surface area (Å²) >= 11 is 5.18. The molecule has 1 aromatic heterocycles. The predicted molar refractivity (Wildman–Crippen MR) is 65.1 cm³/mol. The maximum absolute atomic E-state index is 10.9. The van der Waals surface area contributed by atoms with Crippen LogP contribution in [0.25, 0.3) is 0 Å². The van der Waals surface area contributed by atoms with E-state index in [0.717, 1.165) is 4.47 Å². The minimum Gasteiger partial charge on any atom is -0.469 e. The van der Waals surface area contributed by atoms with Crippen molar-refractivity contribution < 1.29 is 9.53 Å². The third kappa shape index (κ3) is 3.93. The smallest absolute Gasteiger partial charge is 0.306 e. The number of rotatable bonds is 5. The zero-order chi connectivity index (χ0) is 11.3. The number of halogens is 1. The maximum atomic E-state index is 10.9. The largest absolute Gasteiger partial charge is 0.469 e. The average Bonchev–Trinajstić information content (AvgIpc) is 2.64. The Morgan fingerprint density at radius 1 is 1.73 bits per heavy atom. The lowest BCUT2D eigenvalue weighted by Gasteiger charge is -2.12. The Balaban J connectivity index is 2.34. The molecule has 1 rings (SSSR count). The zero-order valence-corrected chi connectivity index (χ0v) is 11.2. The van der Waals surface area contributed by atoms with Crippen LogP contribution in [0.3, 0.4) is 0 Å². The lowest BCUT2D eigenvalue weighted by atomic mass is 10.2. The molecule has 5 heteroatoms. The summed E-state index contributed by atoms with van der Waals surface area (Å²) in [4.78, 5) is 12.1. The molecule has 0 amide bonds. The highest BCUT2D eigenvalue weighted by molar-refractivity contribution is 9.10. The molecule has 0 aliphatic rings. The van der Waals surface area contributed by atoms with Gasteiger partial charge in [0.15, 0.2) is 0 Å². The normalized spacial score (nSPS) is 12.5. The Bertz CT molecular complexity index is 327. The van der Waals surface area contributed by atoms with Crippen LogP contribution in [0.1, 0.15) is 24.3 Å². The van der Waals surface area contributed by atoms with Gasteiger partial charge in [-0.25, -0.2) is 0 Å². The number of carbonyl (C=O) groups is 1. The van der Waals surface area contributed by atoms with Crippen molar-refractivity contribution in [2.45, 2.75) is 19.4 Å². The van der Waals surface area contributed by atoms with E-state index >= 15 is 0 Å². The first-order valence-corrected chi connectivity index (χ1v) is 6.35. The molecule has 0 radical (unpaired) electrons. The zero-order valence-electron chi connectivity index (χ0n) is 8.75. The molecular weight excluding hydrogens is 278 g/mol. The Morgan fingerprint density at radius 3 is 3.00 bits per heavy atom. The molecule has 0 fully saturated rings. The third-order valence-corrected chi connectivity index (χ3v) is 4.10. The lowest BCUT2D eigenvalue weighted by Crippen LogP contribution is -2.21. The van der Waals surface area contributed by atoms with Crippen LogP contribution in [0.15, 0.2) is 15.9 Å². The molecule has 0 aromatic carbocycles.